The molecule has 108 valence electrons. The Kier molecular flexibility index (Phi) is 7.92. The van der Waals surface area contributed by atoms with Gasteiger partial charge in [-0.05, 0) is 50.0 Å². The van der Waals surface area contributed by atoms with Crippen molar-refractivity contribution in [1.82, 2.24) is 5.32 Å². The number of hydrogen-bond donors (Lipinski definition) is 2. The van der Waals surface area contributed by atoms with Crippen LogP contribution in [0.25, 0.3) is 0 Å². The van der Waals surface area contributed by atoms with E-state index in [1.165, 1.54) is 38.5 Å². The van der Waals surface area contributed by atoms with Gasteiger partial charge in [0, 0.05) is 12.6 Å². The van der Waals surface area contributed by atoms with Crippen LogP contribution >= 0.6 is 0 Å². The zero-order chi connectivity index (χ0) is 13.4. The first-order valence-corrected chi connectivity index (χ1v) is 7.99. The lowest BCUT2D eigenvalue weighted by Crippen LogP contribution is -2.37. The van der Waals surface area contributed by atoms with Crippen LogP contribution in [-0.2, 0) is 0 Å². The molecule has 0 bridgehead atoms. The van der Waals surface area contributed by atoms with Gasteiger partial charge in [-0.3, -0.25) is 0 Å². The molecule has 18 heavy (non-hydrogen) atoms. The maximum Gasteiger partial charge on any atom is 0.0434 e. The highest BCUT2D eigenvalue weighted by Gasteiger charge is 2.22. The molecule has 0 saturated heterocycles. The molecule has 0 aromatic heterocycles. The van der Waals surface area contributed by atoms with E-state index in [9.17, 15) is 0 Å². The second-order valence-corrected chi connectivity index (χ2v) is 6.55. The molecule has 0 spiro atoms. The second kappa shape index (κ2) is 8.92. The molecule has 1 aliphatic rings. The summed E-state index contributed by atoms with van der Waals surface area (Å²) in [6, 6.07) is 0.732. The third-order valence-corrected chi connectivity index (χ3v) is 4.40. The lowest BCUT2D eigenvalue weighted by atomic mass is 9.81. The monoisotopic (exact) mass is 255 g/mol. The van der Waals surface area contributed by atoms with Crippen molar-refractivity contribution in [1.29, 1.82) is 0 Å². The highest BCUT2D eigenvalue weighted by molar-refractivity contribution is 4.79. The number of aliphatic hydroxyl groups is 1. The van der Waals surface area contributed by atoms with Crippen LogP contribution in [0.15, 0.2) is 0 Å². The van der Waals surface area contributed by atoms with Gasteiger partial charge in [0.05, 0.1) is 0 Å². The maximum absolute atomic E-state index is 9.02. The lowest BCUT2D eigenvalue weighted by molar-refractivity contribution is 0.225. The summed E-state index contributed by atoms with van der Waals surface area (Å²) in [6.45, 7) is 8.33. The van der Waals surface area contributed by atoms with Gasteiger partial charge >= 0.3 is 0 Å². The van der Waals surface area contributed by atoms with Crippen molar-refractivity contribution in [3.63, 3.8) is 0 Å². The number of aliphatic hydroxyl groups excluding tert-OH is 1. The van der Waals surface area contributed by atoms with Crippen LogP contribution in [0.1, 0.15) is 65.7 Å². The Morgan fingerprint density at radius 2 is 2.06 bits per heavy atom. The molecule has 3 atom stereocenters. The number of hydrogen-bond acceptors (Lipinski definition) is 2. The fourth-order valence-corrected chi connectivity index (χ4v) is 3.32. The molecule has 0 amide bonds. The molecule has 0 aromatic rings. The third-order valence-electron chi connectivity index (χ3n) is 4.40. The summed E-state index contributed by atoms with van der Waals surface area (Å²) in [5, 5.41) is 12.8. The van der Waals surface area contributed by atoms with E-state index in [2.05, 4.69) is 26.1 Å². The normalized spacial score (nSPS) is 26.5. The van der Waals surface area contributed by atoms with Crippen LogP contribution in [0.3, 0.4) is 0 Å². The molecule has 1 fully saturated rings. The van der Waals surface area contributed by atoms with Gasteiger partial charge in [-0.2, -0.15) is 0 Å². The van der Waals surface area contributed by atoms with Crippen molar-refractivity contribution in [2.24, 2.45) is 17.8 Å². The van der Waals surface area contributed by atoms with Gasteiger partial charge in [-0.1, -0.05) is 40.0 Å². The SMILES string of the molecule is CCC(CCO)CNC1CCCC(CC(C)C)C1. The average molecular weight is 255 g/mol. The van der Waals surface area contributed by atoms with Gasteiger partial charge in [0.1, 0.15) is 0 Å². The second-order valence-electron chi connectivity index (χ2n) is 6.55. The molecule has 0 aliphatic heterocycles. The highest BCUT2D eigenvalue weighted by Crippen LogP contribution is 2.29. The fraction of sp³-hybridized carbons (Fsp3) is 1.00. The van der Waals surface area contributed by atoms with E-state index in [1.807, 2.05) is 0 Å². The maximum atomic E-state index is 9.02. The largest absolute Gasteiger partial charge is 0.396 e. The van der Waals surface area contributed by atoms with Crippen molar-refractivity contribution in [2.45, 2.75) is 71.8 Å². The van der Waals surface area contributed by atoms with Gasteiger partial charge in [-0.25, -0.2) is 0 Å². The molecule has 1 rings (SSSR count). The Labute approximate surface area is 114 Å². The minimum absolute atomic E-state index is 0.334. The van der Waals surface area contributed by atoms with Crippen molar-refractivity contribution < 1.29 is 5.11 Å². The molecule has 2 nitrogen and oxygen atoms in total. The average Bonchev–Trinajstić information content (AvgIpc) is 2.34. The van der Waals surface area contributed by atoms with Gasteiger partial charge < -0.3 is 10.4 Å². The summed E-state index contributed by atoms with van der Waals surface area (Å²) in [4.78, 5) is 0. The van der Waals surface area contributed by atoms with Gasteiger partial charge in [-0.15, -0.1) is 0 Å². The molecular formula is C16H33NO. The molecule has 0 radical (unpaired) electrons. The Balaban J connectivity index is 2.24. The summed E-state index contributed by atoms with van der Waals surface area (Å²) in [5.74, 6) is 2.43. The Morgan fingerprint density at radius 3 is 2.67 bits per heavy atom. The Bertz CT molecular complexity index is 205. The van der Waals surface area contributed by atoms with Crippen LogP contribution in [0.4, 0.5) is 0 Å². The first-order valence-electron chi connectivity index (χ1n) is 7.99. The topological polar surface area (TPSA) is 32.3 Å². The van der Waals surface area contributed by atoms with Crippen LogP contribution in [0.2, 0.25) is 0 Å². The predicted molar refractivity (Wildman–Crippen MR) is 78.7 cm³/mol. The van der Waals surface area contributed by atoms with Crippen LogP contribution < -0.4 is 5.32 Å². The van der Waals surface area contributed by atoms with Crippen molar-refractivity contribution >= 4 is 0 Å². The molecule has 2 N–H and O–H groups in total. The van der Waals surface area contributed by atoms with E-state index in [0.717, 1.165) is 30.8 Å². The summed E-state index contributed by atoms with van der Waals surface area (Å²) in [6.07, 6.45) is 9.07. The quantitative estimate of drug-likeness (QED) is 0.695. The predicted octanol–water partition coefficient (Wildman–Crippen LogP) is 3.59. The summed E-state index contributed by atoms with van der Waals surface area (Å²) >= 11 is 0. The Hall–Kier alpha value is -0.0800. The van der Waals surface area contributed by atoms with Crippen molar-refractivity contribution in [3.05, 3.63) is 0 Å². The summed E-state index contributed by atoms with van der Waals surface area (Å²) in [5.41, 5.74) is 0. The fourth-order valence-electron chi connectivity index (χ4n) is 3.32. The molecule has 0 heterocycles. The first-order chi connectivity index (χ1) is 8.65. The van der Waals surface area contributed by atoms with Gasteiger partial charge in [0.2, 0.25) is 0 Å². The standard InChI is InChI=1S/C16H33NO/c1-4-14(8-9-18)12-17-16-7-5-6-15(11-16)10-13(2)3/h13-18H,4-12H2,1-3H3. The molecule has 2 heteroatoms. The number of nitrogens with one attached hydrogen (secondary N) is 1. The molecule has 3 unspecified atom stereocenters. The van der Waals surface area contributed by atoms with E-state index >= 15 is 0 Å². The van der Waals surface area contributed by atoms with E-state index in [1.54, 1.807) is 0 Å². The van der Waals surface area contributed by atoms with Gasteiger partial charge in [0.25, 0.3) is 0 Å². The number of rotatable bonds is 8. The van der Waals surface area contributed by atoms with Crippen LogP contribution in [0, 0.1) is 17.8 Å². The van der Waals surface area contributed by atoms with Crippen LogP contribution in [0.5, 0.6) is 0 Å². The lowest BCUT2D eigenvalue weighted by Gasteiger charge is -2.32. The first kappa shape index (κ1) is 16.0. The van der Waals surface area contributed by atoms with Crippen molar-refractivity contribution in [2.75, 3.05) is 13.2 Å². The third kappa shape index (κ3) is 6.19. The zero-order valence-electron chi connectivity index (χ0n) is 12.6. The Morgan fingerprint density at radius 1 is 1.28 bits per heavy atom. The zero-order valence-corrected chi connectivity index (χ0v) is 12.6. The smallest absolute Gasteiger partial charge is 0.0434 e. The minimum Gasteiger partial charge on any atom is -0.396 e. The van der Waals surface area contributed by atoms with E-state index < -0.39 is 0 Å². The molecule has 1 saturated carbocycles. The highest BCUT2D eigenvalue weighted by atomic mass is 16.3. The summed E-state index contributed by atoms with van der Waals surface area (Å²) in [7, 11) is 0. The molecule has 0 aromatic carbocycles. The minimum atomic E-state index is 0.334. The van der Waals surface area contributed by atoms with Crippen LogP contribution in [-0.4, -0.2) is 24.3 Å². The molecule has 1 aliphatic carbocycles. The van der Waals surface area contributed by atoms with Gasteiger partial charge in [0.15, 0.2) is 0 Å². The van der Waals surface area contributed by atoms with E-state index in [0.29, 0.717) is 12.5 Å². The van der Waals surface area contributed by atoms with Crippen molar-refractivity contribution in [3.8, 4) is 0 Å². The van der Waals surface area contributed by atoms with E-state index in [4.69, 9.17) is 5.11 Å². The van der Waals surface area contributed by atoms with E-state index in [-0.39, 0.29) is 0 Å². The molecular weight excluding hydrogens is 222 g/mol. The summed E-state index contributed by atoms with van der Waals surface area (Å²) < 4.78 is 0.